The van der Waals surface area contributed by atoms with Gasteiger partial charge in [0.05, 0.1) is 12.4 Å². The molecule has 3 atom stereocenters. The van der Waals surface area contributed by atoms with E-state index in [-0.39, 0.29) is 17.3 Å². The molecule has 0 spiro atoms. The van der Waals surface area contributed by atoms with Crippen molar-refractivity contribution in [2.45, 2.75) is 43.5 Å². The Bertz CT molecular complexity index is 556. The molecule has 0 amide bonds. The van der Waals surface area contributed by atoms with Crippen LogP contribution in [0.25, 0.3) is 0 Å². The molecule has 3 unspecified atom stereocenters. The molecule has 2 rings (SSSR count). The Morgan fingerprint density at radius 1 is 1.35 bits per heavy atom. The third-order valence-electron chi connectivity index (χ3n) is 4.06. The van der Waals surface area contributed by atoms with E-state index in [1.54, 1.807) is 7.11 Å². The van der Waals surface area contributed by atoms with Crippen LogP contribution in [0.3, 0.4) is 0 Å². The Hall–Kier alpha value is -1.07. The van der Waals surface area contributed by atoms with E-state index < -0.39 is 9.84 Å². The van der Waals surface area contributed by atoms with Gasteiger partial charge in [0.1, 0.15) is 5.75 Å². The Balaban J connectivity index is 2.09. The van der Waals surface area contributed by atoms with Gasteiger partial charge in [0.25, 0.3) is 0 Å². The van der Waals surface area contributed by atoms with Crippen LogP contribution in [0.5, 0.6) is 5.75 Å². The van der Waals surface area contributed by atoms with Gasteiger partial charge in [-0.15, -0.1) is 0 Å². The molecule has 0 radical (unpaired) electrons. The van der Waals surface area contributed by atoms with Crippen LogP contribution in [0.4, 0.5) is 0 Å². The second kappa shape index (κ2) is 6.14. The van der Waals surface area contributed by atoms with Crippen LogP contribution in [-0.2, 0) is 9.84 Å². The lowest BCUT2D eigenvalue weighted by atomic mass is 10.1. The summed E-state index contributed by atoms with van der Waals surface area (Å²) in [6.07, 6.45) is 4.00. The average Bonchev–Trinajstić information content (AvgIpc) is 2.87. The summed E-state index contributed by atoms with van der Waals surface area (Å²) in [5.74, 6) is 0.822. The summed E-state index contributed by atoms with van der Waals surface area (Å²) in [5.41, 5.74) is 1.11. The van der Waals surface area contributed by atoms with E-state index in [2.05, 4.69) is 12.2 Å². The molecule has 5 heteroatoms. The van der Waals surface area contributed by atoms with Crippen molar-refractivity contribution in [3.63, 3.8) is 0 Å². The van der Waals surface area contributed by atoms with E-state index in [0.29, 0.717) is 0 Å². The number of rotatable bonds is 5. The summed E-state index contributed by atoms with van der Waals surface area (Å²) in [6, 6.07) is 8.04. The fraction of sp³-hybridized carbons (Fsp3) is 0.600. The molecule has 20 heavy (non-hydrogen) atoms. The van der Waals surface area contributed by atoms with Crippen molar-refractivity contribution in [3.05, 3.63) is 29.8 Å². The molecule has 1 aliphatic rings. The van der Waals surface area contributed by atoms with Crippen LogP contribution in [0, 0.1) is 0 Å². The number of hydrogen-bond acceptors (Lipinski definition) is 4. The first-order valence-electron chi connectivity index (χ1n) is 7.00. The Labute approximate surface area is 121 Å². The van der Waals surface area contributed by atoms with Gasteiger partial charge in [0.2, 0.25) is 0 Å². The van der Waals surface area contributed by atoms with E-state index in [4.69, 9.17) is 4.74 Å². The summed E-state index contributed by atoms with van der Waals surface area (Å²) in [5, 5.41) is 3.21. The van der Waals surface area contributed by atoms with Gasteiger partial charge in [0.15, 0.2) is 9.84 Å². The van der Waals surface area contributed by atoms with Crippen LogP contribution in [-0.4, -0.2) is 33.1 Å². The first-order valence-corrected chi connectivity index (χ1v) is 8.96. The van der Waals surface area contributed by atoms with E-state index in [1.807, 2.05) is 24.3 Å². The van der Waals surface area contributed by atoms with E-state index in [0.717, 1.165) is 30.6 Å². The molecule has 0 saturated heterocycles. The third kappa shape index (κ3) is 3.52. The van der Waals surface area contributed by atoms with Gasteiger partial charge in [-0.05, 0) is 37.5 Å². The minimum Gasteiger partial charge on any atom is -0.497 e. The molecule has 0 bridgehead atoms. The van der Waals surface area contributed by atoms with Gasteiger partial charge in [0, 0.05) is 18.3 Å². The van der Waals surface area contributed by atoms with E-state index in [9.17, 15) is 8.42 Å². The average molecular weight is 297 g/mol. The van der Waals surface area contributed by atoms with Crippen LogP contribution in [0.15, 0.2) is 24.3 Å². The fourth-order valence-electron chi connectivity index (χ4n) is 2.96. The monoisotopic (exact) mass is 297 g/mol. The third-order valence-corrected chi connectivity index (χ3v) is 5.72. The van der Waals surface area contributed by atoms with Gasteiger partial charge in [-0.3, -0.25) is 0 Å². The van der Waals surface area contributed by atoms with Crippen LogP contribution >= 0.6 is 0 Å². The smallest absolute Gasteiger partial charge is 0.151 e. The summed E-state index contributed by atoms with van der Waals surface area (Å²) < 4.78 is 28.8. The van der Waals surface area contributed by atoms with Gasteiger partial charge >= 0.3 is 0 Å². The van der Waals surface area contributed by atoms with Crippen molar-refractivity contribution < 1.29 is 13.2 Å². The molecule has 0 heterocycles. The van der Waals surface area contributed by atoms with Crippen LogP contribution < -0.4 is 10.1 Å². The highest BCUT2D eigenvalue weighted by molar-refractivity contribution is 7.91. The van der Waals surface area contributed by atoms with Crippen molar-refractivity contribution >= 4 is 9.84 Å². The number of methoxy groups -OCH3 is 1. The van der Waals surface area contributed by atoms with Crippen molar-refractivity contribution in [1.29, 1.82) is 0 Å². The van der Waals surface area contributed by atoms with Crippen molar-refractivity contribution in [2.24, 2.45) is 0 Å². The molecule has 1 aromatic rings. The number of benzene rings is 1. The molecule has 1 saturated carbocycles. The number of ether oxygens (including phenoxy) is 1. The maximum atomic E-state index is 11.8. The normalized spacial score (nSPS) is 24.6. The summed E-state index contributed by atoms with van der Waals surface area (Å²) in [6.45, 7) is 2.06. The van der Waals surface area contributed by atoms with Crippen molar-refractivity contribution in [1.82, 2.24) is 5.32 Å². The van der Waals surface area contributed by atoms with Gasteiger partial charge in [-0.25, -0.2) is 8.42 Å². The van der Waals surface area contributed by atoms with Crippen molar-refractivity contribution in [3.8, 4) is 5.75 Å². The molecule has 0 aliphatic heterocycles. The molecule has 1 N–H and O–H groups in total. The maximum absolute atomic E-state index is 11.8. The van der Waals surface area contributed by atoms with E-state index >= 15 is 0 Å². The molecular formula is C15H23NO3S. The fourth-order valence-corrected chi connectivity index (χ4v) is 4.36. The summed E-state index contributed by atoms with van der Waals surface area (Å²) in [7, 11) is -1.33. The van der Waals surface area contributed by atoms with Crippen molar-refractivity contribution in [2.75, 3.05) is 13.4 Å². The van der Waals surface area contributed by atoms with E-state index in [1.165, 1.54) is 6.26 Å². The zero-order valence-electron chi connectivity index (χ0n) is 12.3. The highest BCUT2D eigenvalue weighted by Gasteiger charge is 2.35. The molecular weight excluding hydrogens is 274 g/mol. The van der Waals surface area contributed by atoms with Crippen LogP contribution in [0.1, 0.15) is 37.8 Å². The second-order valence-electron chi connectivity index (χ2n) is 5.57. The minimum atomic E-state index is -2.98. The second-order valence-corrected chi connectivity index (χ2v) is 7.83. The first-order chi connectivity index (χ1) is 9.41. The number of hydrogen-bond donors (Lipinski definition) is 1. The highest BCUT2D eigenvalue weighted by Crippen LogP contribution is 2.28. The van der Waals surface area contributed by atoms with Gasteiger partial charge in [-0.2, -0.15) is 0 Å². The minimum absolute atomic E-state index is 0.0474. The lowest BCUT2D eigenvalue weighted by Gasteiger charge is -2.24. The summed E-state index contributed by atoms with van der Waals surface area (Å²) >= 11 is 0. The first kappa shape index (κ1) is 15.3. The topological polar surface area (TPSA) is 55.4 Å². The molecule has 112 valence electrons. The van der Waals surface area contributed by atoms with Gasteiger partial charge in [-0.1, -0.05) is 18.6 Å². The van der Waals surface area contributed by atoms with Crippen LogP contribution in [0.2, 0.25) is 0 Å². The predicted molar refractivity (Wildman–Crippen MR) is 80.8 cm³/mol. The maximum Gasteiger partial charge on any atom is 0.151 e. The molecule has 0 aromatic heterocycles. The zero-order valence-corrected chi connectivity index (χ0v) is 13.1. The lowest BCUT2D eigenvalue weighted by Crippen LogP contribution is -2.41. The Morgan fingerprint density at radius 2 is 2.10 bits per heavy atom. The highest BCUT2D eigenvalue weighted by atomic mass is 32.2. The van der Waals surface area contributed by atoms with Gasteiger partial charge < -0.3 is 10.1 Å². The lowest BCUT2D eigenvalue weighted by molar-refractivity contribution is 0.411. The predicted octanol–water partition coefficient (Wildman–Crippen LogP) is 2.31. The zero-order chi connectivity index (χ0) is 14.8. The quantitative estimate of drug-likeness (QED) is 0.906. The SMILES string of the molecule is COc1cccc(C(C)NC2CCCC2S(C)(=O)=O)c1. The largest absolute Gasteiger partial charge is 0.497 e. The Kier molecular flexibility index (Phi) is 4.70. The molecule has 4 nitrogen and oxygen atoms in total. The molecule has 1 aromatic carbocycles. The number of nitrogens with one attached hydrogen (secondary N) is 1. The number of sulfone groups is 1. The molecule has 1 fully saturated rings. The molecule has 1 aliphatic carbocycles. The summed E-state index contributed by atoms with van der Waals surface area (Å²) in [4.78, 5) is 0. The standard InChI is InChI=1S/C15H23NO3S/c1-11(12-6-4-7-13(10-12)19-2)16-14-8-5-9-15(14)20(3,17)18/h4,6-7,10-11,14-16H,5,8-9H2,1-3H3. The Morgan fingerprint density at radius 3 is 2.75 bits per heavy atom.